The third kappa shape index (κ3) is 8.19. The minimum atomic E-state index is -4.29. The number of benzene rings is 4. The van der Waals surface area contributed by atoms with Gasteiger partial charge in [0.1, 0.15) is 18.3 Å². The third-order valence-electron chi connectivity index (χ3n) is 6.91. The summed E-state index contributed by atoms with van der Waals surface area (Å²) in [5.41, 5.74) is 1.71. The van der Waals surface area contributed by atoms with Gasteiger partial charge in [0.05, 0.1) is 17.7 Å². The molecule has 0 radical (unpaired) electrons. The minimum Gasteiger partial charge on any atom is -0.495 e. The molecule has 0 aromatic heterocycles. The Labute approximate surface area is 271 Å². The van der Waals surface area contributed by atoms with Crippen molar-refractivity contribution in [1.29, 1.82) is 0 Å². The molecule has 1 atom stereocenters. The van der Waals surface area contributed by atoms with Crippen molar-refractivity contribution in [3.63, 3.8) is 0 Å². The summed E-state index contributed by atoms with van der Waals surface area (Å²) >= 11 is 9.76. The number of rotatable bonds is 13. The van der Waals surface area contributed by atoms with Gasteiger partial charge in [-0.25, -0.2) is 8.42 Å². The molecule has 4 aromatic carbocycles. The molecule has 11 heteroatoms. The van der Waals surface area contributed by atoms with E-state index in [4.69, 9.17) is 16.3 Å². The number of nitrogens with zero attached hydrogens (tertiary/aromatic N) is 2. The van der Waals surface area contributed by atoms with E-state index in [9.17, 15) is 18.0 Å². The molecule has 4 rings (SSSR count). The van der Waals surface area contributed by atoms with Crippen LogP contribution in [0.2, 0.25) is 5.02 Å². The summed E-state index contributed by atoms with van der Waals surface area (Å²) in [5.74, 6) is -0.716. The van der Waals surface area contributed by atoms with Gasteiger partial charge in [0, 0.05) is 29.0 Å². The fraction of sp³-hybridized carbons (Fsp3) is 0.212. The molecule has 0 saturated heterocycles. The largest absolute Gasteiger partial charge is 0.495 e. The molecule has 230 valence electrons. The van der Waals surface area contributed by atoms with E-state index >= 15 is 0 Å². The number of anilines is 1. The van der Waals surface area contributed by atoms with Crippen LogP contribution in [0.25, 0.3) is 0 Å². The molecule has 0 aliphatic heterocycles. The lowest BCUT2D eigenvalue weighted by Gasteiger charge is -2.34. The summed E-state index contributed by atoms with van der Waals surface area (Å²) in [4.78, 5) is 29.5. The summed E-state index contributed by atoms with van der Waals surface area (Å²) in [6, 6.07) is 28.2. The molecular formula is C33H33BrClN3O5S. The molecule has 8 nitrogen and oxygen atoms in total. The number of sulfonamides is 1. The van der Waals surface area contributed by atoms with Crippen molar-refractivity contribution < 1.29 is 22.7 Å². The number of likely N-dealkylation sites (N-methyl/N-ethyl adjacent to an activating group) is 1. The van der Waals surface area contributed by atoms with E-state index in [1.54, 1.807) is 37.3 Å². The van der Waals surface area contributed by atoms with E-state index in [0.717, 1.165) is 19.9 Å². The molecule has 2 amide bonds. The second kappa shape index (κ2) is 15.2. The highest BCUT2D eigenvalue weighted by Crippen LogP contribution is 2.35. The van der Waals surface area contributed by atoms with Gasteiger partial charge in [-0.15, -0.1) is 0 Å². The first-order valence-electron chi connectivity index (χ1n) is 13.9. The average Bonchev–Trinajstić information content (AvgIpc) is 3.03. The van der Waals surface area contributed by atoms with E-state index in [2.05, 4.69) is 21.2 Å². The standard InChI is InChI=1S/C33H33BrClN3O5S/c1-3-36-33(40)30(20-24-10-6-4-7-11-24)37(22-25-14-16-26(34)17-15-25)32(39)23-38(29-21-27(35)18-19-31(29)43-2)44(41,42)28-12-8-5-9-13-28/h4-19,21,30H,3,20,22-23H2,1-2H3,(H,36,40)/t30-/m1/s1. The van der Waals surface area contributed by atoms with Crippen LogP contribution in [0.1, 0.15) is 18.1 Å². The Morgan fingerprint density at radius 3 is 2.16 bits per heavy atom. The molecular weight excluding hydrogens is 666 g/mol. The molecule has 0 fully saturated rings. The summed E-state index contributed by atoms with van der Waals surface area (Å²) in [7, 11) is -2.88. The first-order chi connectivity index (χ1) is 21.1. The maximum absolute atomic E-state index is 14.5. The fourth-order valence-electron chi connectivity index (χ4n) is 4.72. The highest BCUT2D eigenvalue weighted by molar-refractivity contribution is 9.10. The zero-order chi connectivity index (χ0) is 31.7. The van der Waals surface area contributed by atoms with Gasteiger partial charge in [0.15, 0.2) is 0 Å². The van der Waals surface area contributed by atoms with Crippen molar-refractivity contribution in [3.05, 3.63) is 124 Å². The third-order valence-corrected chi connectivity index (χ3v) is 9.45. The van der Waals surface area contributed by atoms with Crippen LogP contribution in [-0.2, 0) is 32.6 Å². The Kier molecular flexibility index (Phi) is 11.4. The maximum Gasteiger partial charge on any atom is 0.264 e. The number of halogens is 2. The van der Waals surface area contributed by atoms with E-state index < -0.39 is 28.5 Å². The topological polar surface area (TPSA) is 96.0 Å². The zero-order valence-electron chi connectivity index (χ0n) is 24.3. The lowest BCUT2D eigenvalue weighted by atomic mass is 10.0. The van der Waals surface area contributed by atoms with Gasteiger partial charge < -0.3 is 15.0 Å². The summed E-state index contributed by atoms with van der Waals surface area (Å²) in [6.07, 6.45) is 0.223. The van der Waals surface area contributed by atoms with Crippen LogP contribution in [0.3, 0.4) is 0 Å². The van der Waals surface area contributed by atoms with Crippen LogP contribution in [0.4, 0.5) is 5.69 Å². The number of carbonyl (C=O) groups is 2. The van der Waals surface area contributed by atoms with Gasteiger partial charge in [0.25, 0.3) is 10.0 Å². The normalized spacial score (nSPS) is 11.8. The molecule has 0 heterocycles. The van der Waals surface area contributed by atoms with Gasteiger partial charge in [-0.2, -0.15) is 0 Å². The lowest BCUT2D eigenvalue weighted by molar-refractivity contribution is -0.140. The Morgan fingerprint density at radius 2 is 1.55 bits per heavy atom. The Morgan fingerprint density at radius 1 is 0.909 bits per heavy atom. The van der Waals surface area contributed by atoms with Crippen molar-refractivity contribution in [1.82, 2.24) is 10.2 Å². The first kappa shape index (κ1) is 33.0. The quantitative estimate of drug-likeness (QED) is 0.183. The van der Waals surface area contributed by atoms with E-state index in [1.807, 2.05) is 54.6 Å². The Balaban J connectivity index is 1.83. The predicted octanol–water partition coefficient (Wildman–Crippen LogP) is 6.08. The first-order valence-corrected chi connectivity index (χ1v) is 16.5. The highest BCUT2D eigenvalue weighted by Gasteiger charge is 2.35. The van der Waals surface area contributed by atoms with Gasteiger partial charge >= 0.3 is 0 Å². The number of nitrogens with one attached hydrogen (secondary N) is 1. The second-order valence-corrected chi connectivity index (χ2v) is 13.1. The van der Waals surface area contributed by atoms with Crippen molar-refractivity contribution in [2.24, 2.45) is 0 Å². The Hall–Kier alpha value is -3.86. The van der Waals surface area contributed by atoms with Crippen LogP contribution in [-0.4, -0.2) is 51.4 Å². The molecule has 0 bridgehead atoms. The van der Waals surface area contributed by atoms with Gasteiger partial charge in [0.2, 0.25) is 11.8 Å². The van der Waals surface area contributed by atoms with Crippen molar-refractivity contribution >= 4 is 55.1 Å². The molecule has 1 N–H and O–H groups in total. The van der Waals surface area contributed by atoms with E-state index in [0.29, 0.717) is 6.54 Å². The number of methoxy groups -OCH3 is 1. The number of amides is 2. The van der Waals surface area contributed by atoms with Crippen LogP contribution in [0, 0.1) is 0 Å². The smallest absolute Gasteiger partial charge is 0.264 e. The number of ether oxygens (including phenoxy) is 1. The van der Waals surface area contributed by atoms with Crippen LogP contribution in [0.15, 0.2) is 112 Å². The summed E-state index contributed by atoms with van der Waals surface area (Å²) in [5, 5.41) is 3.11. The molecule has 0 aliphatic carbocycles. The zero-order valence-corrected chi connectivity index (χ0v) is 27.5. The monoisotopic (exact) mass is 697 g/mol. The predicted molar refractivity (Wildman–Crippen MR) is 176 cm³/mol. The Bertz CT molecular complexity index is 1670. The highest BCUT2D eigenvalue weighted by atomic mass is 79.9. The number of carbonyl (C=O) groups excluding carboxylic acids is 2. The van der Waals surface area contributed by atoms with Crippen LogP contribution < -0.4 is 14.4 Å². The SMILES string of the molecule is CCNC(=O)[C@@H](Cc1ccccc1)N(Cc1ccc(Br)cc1)C(=O)CN(c1cc(Cl)ccc1OC)S(=O)(=O)c1ccccc1. The van der Waals surface area contributed by atoms with Crippen LogP contribution in [0.5, 0.6) is 5.75 Å². The van der Waals surface area contributed by atoms with Crippen molar-refractivity contribution in [2.75, 3.05) is 24.5 Å². The lowest BCUT2D eigenvalue weighted by Crippen LogP contribution is -2.53. The van der Waals surface area contributed by atoms with E-state index in [1.165, 1.54) is 30.2 Å². The number of hydrogen-bond acceptors (Lipinski definition) is 5. The summed E-state index contributed by atoms with van der Waals surface area (Å²) in [6.45, 7) is 1.61. The van der Waals surface area contributed by atoms with E-state index in [-0.39, 0.29) is 40.2 Å². The molecule has 0 aliphatic rings. The number of hydrogen-bond donors (Lipinski definition) is 1. The van der Waals surface area contributed by atoms with Gasteiger partial charge in [-0.05, 0) is 60.5 Å². The van der Waals surface area contributed by atoms with Crippen molar-refractivity contribution in [2.45, 2.75) is 30.8 Å². The second-order valence-electron chi connectivity index (χ2n) is 9.89. The molecule has 0 unspecified atom stereocenters. The molecule has 0 spiro atoms. The molecule has 0 saturated carbocycles. The molecule has 44 heavy (non-hydrogen) atoms. The van der Waals surface area contributed by atoms with Crippen LogP contribution >= 0.6 is 27.5 Å². The van der Waals surface area contributed by atoms with Gasteiger partial charge in [-0.1, -0.05) is 88.2 Å². The molecule has 4 aromatic rings. The van der Waals surface area contributed by atoms with Crippen molar-refractivity contribution in [3.8, 4) is 5.75 Å². The summed E-state index contributed by atoms with van der Waals surface area (Å²) < 4.78 is 35.6. The fourth-order valence-corrected chi connectivity index (χ4v) is 6.59. The minimum absolute atomic E-state index is 0.0150. The van der Waals surface area contributed by atoms with Gasteiger partial charge in [-0.3, -0.25) is 13.9 Å². The maximum atomic E-state index is 14.5. The average molecular weight is 699 g/mol.